The van der Waals surface area contributed by atoms with Gasteiger partial charge in [-0.3, -0.25) is 0 Å². The lowest BCUT2D eigenvalue weighted by molar-refractivity contribution is 0.449. The smallest absolute Gasteiger partial charge is 0.242 e. The van der Waals surface area contributed by atoms with Gasteiger partial charge in [-0.1, -0.05) is 48.7 Å². The Morgan fingerprint density at radius 2 is 1.76 bits per heavy atom. The molecule has 1 aromatic carbocycles. The maximum absolute atomic E-state index is 7.81. The zero-order valence-electron chi connectivity index (χ0n) is 13.6. The fourth-order valence-corrected chi connectivity index (χ4v) is 2.84. The summed E-state index contributed by atoms with van der Waals surface area (Å²) in [5.74, 6) is 0.216. The summed E-state index contributed by atoms with van der Waals surface area (Å²) in [5.41, 5.74) is 6.97. The molecule has 0 aliphatic rings. The van der Waals surface area contributed by atoms with Crippen molar-refractivity contribution in [1.82, 2.24) is 10.2 Å². The first kappa shape index (κ1) is 13.4. The van der Waals surface area contributed by atoms with Crippen LogP contribution in [-0.2, 0) is 0 Å². The molecule has 1 heterocycles. The van der Waals surface area contributed by atoms with Gasteiger partial charge in [-0.25, -0.2) is 0 Å². The minimum Gasteiger partial charge on any atom is -0.434 e. The number of nitrogens with two attached hydrogens (primary N) is 1. The molecule has 0 fully saturated rings. The average Bonchev–Trinajstić information content (AvgIpc) is 2.49. The van der Waals surface area contributed by atoms with Crippen molar-refractivity contribution in [1.29, 1.82) is 0 Å². The summed E-state index contributed by atoms with van der Waals surface area (Å²) in [7, 11) is 0. The average molecular weight is 349 g/mol. The minimum atomic E-state index is -0.222. The maximum Gasteiger partial charge on any atom is 0.242 e. The van der Waals surface area contributed by atoms with E-state index in [-0.39, 0.29) is 45.4 Å². The van der Waals surface area contributed by atoms with Crippen molar-refractivity contribution in [3.63, 3.8) is 0 Å². The van der Waals surface area contributed by atoms with Gasteiger partial charge in [0, 0.05) is 16.8 Å². The molecule has 2 rings (SSSR count). The van der Waals surface area contributed by atoms with Gasteiger partial charge >= 0.3 is 0 Å². The molecule has 0 bridgehead atoms. The Labute approximate surface area is 141 Å². The van der Waals surface area contributed by atoms with Crippen LogP contribution >= 0.6 is 34.8 Å². The van der Waals surface area contributed by atoms with Crippen LogP contribution in [0.2, 0.25) is 15.2 Å². The van der Waals surface area contributed by atoms with Crippen LogP contribution in [0.25, 0.3) is 0 Å². The van der Waals surface area contributed by atoms with Crippen LogP contribution in [-0.4, -0.2) is 10.2 Å². The van der Waals surface area contributed by atoms with Crippen molar-refractivity contribution >= 4 is 40.5 Å². The predicted octanol–water partition coefficient (Wildman–Crippen LogP) is 5.24. The topological polar surface area (TPSA) is 61.0 Å². The lowest BCUT2D eigenvalue weighted by Gasteiger charge is -2.15. The summed E-state index contributed by atoms with van der Waals surface area (Å²) in [6.07, 6.45) is 0. The number of aromatic nitrogens is 2. The van der Waals surface area contributed by atoms with E-state index < -0.39 is 0 Å². The third kappa shape index (κ3) is 3.34. The van der Waals surface area contributed by atoms with Crippen LogP contribution < -0.4 is 10.5 Å². The summed E-state index contributed by atoms with van der Waals surface area (Å²) in [6, 6.07) is -0.445. The highest BCUT2D eigenvalue weighted by Gasteiger charge is 2.18. The molecule has 1 aromatic heterocycles. The first-order chi connectivity index (χ1) is 10.7. The third-order valence-corrected chi connectivity index (χ3v) is 3.65. The van der Waals surface area contributed by atoms with Gasteiger partial charge in [-0.2, -0.15) is 0 Å². The second-order valence-electron chi connectivity index (χ2n) is 4.71. The molecule has 0 radical (unpaired) electrons. The number of halogens is 3. The van der Waals surface area contributed by atoms with E-state index in [0.29, 0.717) is 10.7 Å². The van der Waals surface area contributed by atoms with Crippen molar-refractivity contribution in [2.24, 2.45) is 0 Å². The lowest BCUT2D eigenvalue weighted by Crippen LogP contribution is -2.03. The highest BCUT2D eigenvalue weighted by atomic mass is 35.5. The van der Waals surface area contributed by atoms with Crippen LogP contribution in [0, 0.1) is 6.92 Å². The molecule has 7 heteroatoms. The molecule has 2 aromatic rings. The fourth-order valence-electron chi connectivity index (χ4n) is 1.92. The molecule has 2 N–H and O–H groups in total. The van der Waals surface area contributed by atoms with Crippen LogP contribution in [0.5, 0.6) is 11.6 Å². The van der Waals surface area contributed by atoms with E-state index in [0.717, 1.165) is 5.56 Å². The number of benzene rings is 1. The highest BCUT2D eigenvalue weighted by Crippen LogP contribution is 2.39. The first-order valence-electron chi connectivity index (χ1n) is 7.10. The molecule has 0 saturated heterocycles. The SMILES string of the molecule is [2H]c1c(N)c([2H])c(Cl)c(Oc2nnc(Cl)c(C(C)C)c2C)c1Cl. The fraction of sp³-hybridized carbons (Fsp3) is 0.286. The summed E-state index contributed by atoms with van der Waals surface area (Å²) in [4.78, 5) is 0. The van der Waals surface area contributed by atoms with Gasteiger partial charge in [0.05, 0.1) is 12.8 Å². The zero-order valence-corrected chi connectivity index (χ0v) is 13.9. The van der Waals surface area contributed by atoms with E-state index >= 15 is 0 Å². The van der Waals surface area contributed by atoms with Gasteiger partial charge in [0.1, 0.15) is 0 Å². The van der Waals surface area contributed by atoms with Crippen LogP contribution in [0.4, 0.5) is 5.69 Å². The largest absolute Gasteiger partial charge is 0.434 e. The van der Waals surface area contributed by atoms with E-state index in [2.05, 4.69) is 10.2 Å². The van der Waals surface area contributed by atoms with Gasteiger partial charge in [0.25, 0.3) is 0 Å². The van der Waals surface area contributed by atoms with Crippen molar-refractivity contribution < 1.29 is 7.48 Å². The predicted molar refractivity (Wildman–Crippen MR) is 86.8 cm³/mol. The zero-order chi connectivity index (χ0) is 17.5. The van der Waals surface area contributed by atoms with E-state index in [4.69, 9.17) is 48.0 Å². The molecular weight excluding hydrogens is 333 g/mol. The number of ether oxygens (including phenoxy) is 1. The molecule has 0 aliphatic heterocycles. The minimum absolute atomic E-state index is 0.0491. The molecule has 0 amide bonds. The van der Waals surface area contributed by atoms with E-state index in [9.17, 15) is 0 Å². The van der Waals surface area contributed by atoms with Crippen molar-refractivity contribution in [2.45, 2.75) is 26.7 Å². The molecule has 0 spiro atoms. The number of hydrogen-bond donors (Lipinski definition) is 1. The third-order valence-electron chi connectivity index (χ3n) is 2.84. The quantitative estimate of drug-likeness (QED) is 0.770. The van der Waals surface area contributed by atoms with Gasteiger partial charge in [-0.15, -0.1) is 10.2 Å². The second-order valence-corrected chi connectivity index (χ2v) is 5.83. The Balaban J connectivity index is 2.60. The Morgan fingerprint density at radius 1 is 1.19 bits per heavy atom. The number of rotatable bonds is 3. The Bertz CT molecular complexity index is 756. The van der Waals surface area contributed by atoms with E-state index in [1.54, 1.807) is 6.92 Å². The van der Waals surface area contributed by atoms with E-state index in [1.165, 1.54) is 0 Å². The van der Waals surface area contributed by atoms with Crippen LogP contribution in [0.1, 0.15) is 33.6 Å². The van der Waals surface area contributed by atoms with Crippen LogP contribution in [0.15, 0.2) is 12.1 Å². The van der Waals surface area contributed by atoms with E-state index in [1.807, 2.05) is 13.8 Å². The summed E-state index contributed by atoms with van der Waals surface area (Å²) < 4.78 is 21.3. The second kappa shape index (κ2) is 6.26. The van der Waals surface area contributed by atoms with Gasteiger partial charge in [-0.05, 0) is 24.9 Å². The van der Waals surface area contributed by atoms with Crippen LogP contribution in [0.3, 0.4) is 0 Å². The summed E-state index contributed by atoms with van der Waals surface area (Å²) in [5, 5.41) is 7.88. The van der Waals surface area contributed by atoms with Crippen molar-refractivity contribution in [3.05, 3.63) is 38.4 Å². The lowest BCUT2D eigenvalue weighted by atomic mass is 10.0. The van der Waals surface area contributed by atoms with Gasteiger partial charge in [0.15, 0.2) is 10.9 Å². The molecule has 0 atom stereocenters. The highest BCUT2D eigenvalue weighted by molar-refractivity contribution is 6.37. The molecule has 21 heavy (non-hydrogen) atoms. The summed E-state index contributed by atoms with van der Waals surface area (Å²) >= 11 is 18.2. The van der Waals surface area contributed by atoms with Gasteiger partial charge < -0.3 is 10.5 Å². The summed E-state index contributed by atoms with van der Waals surface area (Å²) in [6.45, 7) is 5.72. The van der Waals surface area contributed by atoms with Gasteiger partial charge in [0.2, 0.25) is 5.88 Å². The Hall–Kier alpha value is -1.23. The number of anilines is 1. The monoisotopic (exact) mass is 347 g/mol. The van der Waals surface area contributed by atoms with Crippen molar-refractivity contribution in [3.8, 4) is 11.6 Å². The number of nitrogen functional groups attached to an aromatic ring is 1. The normalized spacial score (nSPS) is 12.3. The molecule has 0 aliphatic carbocycles. The Kier molecular flexibility index (Phi) is 4.00. The number of hydrogen-bond acceptors (Lipinski definition) is 4. The number of nitrogens with zero attached hydrogens (tertiary/aromatic N) is 2. The first-order valence-corrected chi connectivity index (χ1v) is 7.24. The molecule has 0 unspecified atom stereocenters. The maximum atomic E-state index is 7.81. The standard InChI is InChI=1S/C14H14Cl3N3O/c1-6(2)11-7(3)14(20-19-13(11)17)21-12-9(15)4-8(18)5-10(12)16/h4-6H,18H2,1-3H3/i4D,5D. The molecule has 4 nitrogen and oxygen atoms in total. The molecular formula is C14H14Cl3N3O. The van der Waals surface area contributed by atoms with Crippen molar-refractivity contribution in [2.75, 3.05) is 5.73 Å². The molecule has 112 valence electrons. The Morgan fingerprint density at radius 3 is 2.29 bits per heavy atom. The molecule has 0 saturated carbocycles.